The molecule has 120 valence electrons. The molecule has 0 aromatic heterocycles. The van der Waals surface area contributed by atoms with E-state index in [0.717, 1.165) is 30.0 Å². The fourth-order valence-electron chi connectivity index (χ4n) is 2.59. The van der Waals surface area contributed by atoms with Crippen LogP contribution in [0.1, 0.15) is 12.0 Å². The number of halogens is 1. The van der Waals surface area contributed by atoms with Crippen LogP contribution in [-0.4, -0.2) is 24.7 Å². The van der Waals surface area contributed by atoms with Gasteiger partial charge < -0.3 is 10.2 Å². The summed E-state index contributed by atoms with van der Waals surface area (Å²) in [5.74, 6) is 0.792. The minimum absolute atomic E-state index is 0.0176. The molecule has 0 saturated carbocycles. The van der Waals surface area contributed by atoms with E-state index in [1.165, 1.54) is 17.0 Å². The van der Waals surface area contributed by atoms with Crippen LogP contribution < -0.4 is 10.2 Å². The van der Waals surface area contributed by atoms with Gasteiger partial charge in [-0.15, -0.1) is 11.8 Å². The first-order valence-corrected chi connectivity index (χ1v) is 8.69. The van der Waals surface area contributed by atoms with Crippen LogP contribution >= 0.6 is 11.8 Å². The van der Waals surface area contributed by atoms with Crippen molar-refractivity contribution in [2.45, 2.75) is 17.9 Å². The molecule has 3 rings (SSSR count). The zero-order valence-electron chi connectivity index (χ0n) is 12.8. The van der Waals surface area contributed by atoms with Crippen LogP contribution in [0.5, 0.6) is 0 Å². The number of hydrogen-bond acceptors (Lipinski definition) is 3. The number of nitrogens with one attached hydrogen (secondary N) is 1. The topological polar surface area (TPSA) is 32.3 Å². The van der Waals surface area contributed by atoms with Crippen molar-refractivity contribution in [2.24, 2.45) is 0 Å². The Morgan fingerprint density at radius 3 is 2.78 bits per heavy atom. The number of carbonyl (C=O) groups excluding carboxylic acids is 1. The van der Waals surface area contributed by atoms with Crippen molar-refractivity contribution in [1.29, 1.82) is 0 Å². The van der Waals surface area contributed by atoms with Crippen molar-refractivity contribution in [3.8, 4) is 0 Å². The lowest BCUT2D eigenvalue weighted by molar-refractivity contribution is -0.119. The van der Waals surface area contributed by atoms with Gasteiger partial charge in [0.05, 0.1) is 12.2 Å². The highest BCUT2D eigenvalue weighted by Gasteiger charge is 2.17. The largest absolute Gasteiger partial charge is 0.361 e. The van der Waals surface area contributed by atoms with Gasteiger partial charge in [0, 0.05) is 18.0 Å². The molecular weight excluding hydrogens is 311 g/mol. The third kappa shape index (κ3) is 4.26. The minimum Gasteiger partial charge on any atom is -0.361 e. The van der Waals surface area contributed by atoms with Crippen LogP contribution in [0.2, 0.25) is 0 Å². The van der Waals surface area contributed by atoms with Crippen LogP contribution in [0.3, 0.4) is 0 Å². The minimum atomic E-state index is -0.265. The molecule has 1 aliphatic rings. The van der Waals surface area contributed by atoms with Gasteiger partial charge in [-0.05, 0) is 42.0 Å². The molecule has 5 heteroatoms. The van der Waals surface area contributed by atoms with Crippen molar-refractivity contribution < 1.29 is 9.18 Å². The van der Waals surface area contributed by atoms with Crippen molar-refractivity contribution in [2.75, 3.05) is 23.7 Å². The van der Waals surface area contributed by atoms with Crippen molar-refractivity contribution in [3.05, 3.63) is 59.9 Å². The molecular formula is C18H19FN2OS. The van der Waals surface area contributed by atoms with E-state index in [1.807, 2.05) is 23.9 Å². The lowest BCUT2D eigenvalue weighted by Crippen LogP contribution is -2.37. The number of anilines is 1. The summed E-state index contributed by atoms with van der Waals surface area (Å²) in [4.78, 5) is 15.6. The number of thioether (sulfide) groups is 1. The lowest BCUT2D eigenvalue weighted by atomic mass is 10.2. The molecule has 0 radical (unpaired) electrons. The fraction of sp³-hybridized carbons (Fsp3) is 0.278. The number of hydrogen-bond donors (Lipinski definition) is 1. The zero-order chi connectivity index (χ0) is 16.1. The maximum absolute atomic E-state index is 12.9. The van der Waals surface area contributed by atoms with E-state index in [-0.39, 0.29) is 11.7 Å². The van der Waals surface area contributed by atoms with Crippen LogP contribution in [0.25, 0.3) is 0 Å². The molecule has 1 heterocycles. The van der Waals surface area contributed by atoms with Crippen LogP contribution in [0.15, 0.2) is 53.4 Å². The van der Waals surface area contributed by atoms with Crippen molar-refractivity contribution in [1.82, 2.24) is 5.32 Å². The molecule has 1 amide bonds. The Bertz CT molecular complexity index is 675. The molecule has 1 N–H and O–H groups in total. The first kappa shape index (κ1) is 15.9. The molecule has 0 saturated heterocycles. The number of benzene rings is 2. The maximum atomic E-state index is 12.9. The highest BCUT2D eigenvalue weighted by molar-refractivity contribution is 7.99. The maximum Gasteiger partial charge on any atom is 0.239 e. The molecule has 0 spiro atoms. The normalized spacial score (nSPS) is 14.0. The monoisotopic (exact) mass is 330 g/mol. The van der Waals surface area contributed by atoms with E-state index in [9.17, 15) is 9.18 Å². The van der Waals surface area contributed by atoms with E-state index < -0.39 is 0 Å². The third-order valence-corrected chi connectivity index (χ3v) is 4.92. The van der Waals surface area contributed by atoms with E-state index in [2.05, 4.69) is 22.3 Å². The highest BCUT2D eigenvalue weighted by Crippen LogP contribution is 2.33. The second-order valence-corrected chi connectivity index (χ2v) is 6.63. The number of para-hydroxylation sites is 1. The van der Waals surface area contributed by atoms with E-state index in [4.69, 9.17) is 0 Å². The Morgan fingerprint density at radius 2 is 1.96 bits per heavy atom. The zero-order valence-corrected chi connectivity index (χ0v) is 13.6. The predicted molar refractivity (Wildman–Crippen MR) is 92.2 cm³/mol. The summed E-state index contributed by atoms with van der Waals surface area (Å²) < 4.78 is 12.9. The average molecular weight is 330 g/mol. The first-order valence-electron chi connectivity index (χ1n) is 7.70. The van der Waals surface area contributed by atoms with E-state index in [0.29, 0.717) is 13.1 Å². The van der Waals surface area contributed by atoms with Crippen molar-refractivity contribution >= 4 is 23.4 Å². The van der Waals surface area contributed by atoms with Crippen molar-refractivity contribution in [3.63, 3.8) is 0 Å². The number of carbonyl (C=O) groups is 1. The third-order valence-electron chi connectivity index (χ3n) is 3.77. The summed E-state index contributed by atoms with van der Waals surface area (Å²) in [6.45, 7) is 1.65. The molecule has 2 aromatic carbocycles. The van der Waals surface area contributed by atoms with Crippen LogP contribution in [-0.2, 0) is 11.3 Å². The molecule has 1 aliphatic heterocycles. The quantitative estimate of drug-likeness (QED) is 0.932. The second-order valence-electron chi connectivity index (χ2n) is 5.49. The summed E-state index contributed by atoms with van der Waals surface area (Å²) in [5, 5.41) is 2.91. The lowest BCUT2D eigenvalue weighted by Gasteiger charge is -2.23. The van der Waals surface area contributed by atoms with Gasteiger partial charge in [-0.2, -0.15) is 0 Å². The van der Waals surface area contributed by atoms with Gasteiger partial charge in [0.25, 0.3) is 0 Å². The molecule has 0 bridgehead atoms. The SMILES string of the molecule is O=C(CN1CCCSc2ccccc21)NCc1ccc(F)cc1. The Morgan fingerprint density at radius 1 is 1.17 bits per heavy atom. The van der Waals surface area contributed by atoms with E-state index in [1.54, 1.807) is 12.1 Å². The fourth-order valence-corrected chi connectivity index (χ4v) is 3.61. The van der Waals surface area contributed by atoms with Gasteiger partial charge in [0.2, 0.25) is 5.91 Å². The second kappa shape index (κ2) is 7.51. The molecule has 0 fully saturated rings. The summed E-state index contributed by atoms with van der Waals surface area (Å²) in [6, 6.07) is 14.4. The summed E-state index contributed by atoms with van der Waals surface area (Å²) in [5.41, 5.74) is 2.03. The molecule has 3 nitrogen and oxygen atoms in total. The molecule has 0 aliphatic carbocycles. The standard InChI is InChI=1S/C18H19FN2OS/c19-15-8-6-14(7-9-15)12-20-18(22)13-21-10-3-11-23-17-5-2-1-4-16(17)21/h1-2,4-9H,3,10-13H2,(H,20,22). The van der Waals surface area contributed by atoms with Gasteiger partial charge in [-0.3, -0.25) is 4.79 Å². The molecule has 0 atom stereocenters. The average Bonchev–Trinajstić information content (AvgIpc) is 2.77. The summed E-state index contributed by atoms with van der Waals surface area (Å²) in [6.07, 6.45) is 1.06. The number of fused-ring (bicyclic) bond motifs is 1. The number of amides is 1. The highest BCUT2D eigenvalue weighted by atomic mass is 32.2. The number of rotatable bonds is 4. The van der Waals surface area contributed by atoms with Gasteiger partial charge in [0.1, 0.15) is 5.82 Å². The Balaban J connectivity index is 1.60. The Hall–Kier alpha value is -2.01. The number of nitrogens with zero attached hydrogens (tertiary/aromatic N) is 1. The molecule has 0 unspecified atom stereocenters. The molecule has 23 heavy (non-hydrogen) atoms. The van der Waals surface area contributed by atoms with E-state index >= 15 is 0 Å². The summed E-state index contributed by atoms with van der Waals surface area (Å²) >= 11 is 1.84. The first-order chi connectivity index (χ1) is 11.2. The van der Waals surface area contributed by atoms with Crippen LogP contribution in [0, 0.1) is 5.82 Å². The van der Waals surface area contributed by atoms with Crippen LogP contribution in [0.4, 0.5) is 10.1 Å². The van der Waals surface area contributed by atoms with Gasteiger partial charge in [0.15, 0.2) is 0 Å². The Labute approximate surface area is 139 Å². The predicted octanol–water partition coefficient (Wildman–Crippen LogP) is 3.44. The smallest absolute Gasteiger partial charge is 0.239 e. The summed E-state index contributed by atoms with van der Waals surface area (Å²) in [7, 11) is 0. The Kier molecular flexibility index (Phi) is 5.18. The van der Waals surface area contributed by atoms with Gasteiger partial charge >= 0.3 is 0 Å². The van der Waals surface area contributed by atoms with Gasteiger partial charge in [-0.1, -0.05) is 24.3 Å². The molecule has 2 aromatic rings. The van der Waals surface area contributed by atoms with Gasteiger partial charge in [-0.25, -0.2) is 4.39 Å².